The molecule has 0 atom stereocenters. The van der Waals surface area contributed by atoms with E-state index in [0.29, 0.717) is 5.76 Å². The maximum Gasteiger partial charge on any atom is 0.381 e. The molecule has 10 nitrogen and oxygen atoms in total. The van der Waals surface area contributed by atoms with Crippen LogP contribution in [0.5, 0.6) is 0 Å². The Balaban J connectivity index is 2.11. The monoisotopic (exact) mass is 252 g/mol. The smallest absolute Gasteiger partial charge is 0.359 e. The Hall–Kier alpha value is -2.75. The molecule has 3 N–H and O–H groups in total. The Morgan fingerprint density at radius 3 is 3.06 bits per heavy atom. The lowest BCUT2D eigenvalue weighted by Gasteiger charge is -1.93. The molecule has 0 aliphatic rings. The first kappa shape index (κ1) is 11.7. The largest absolute Gasteiger partial charge is 0.381 e. The molecule has 2 rings (SSSR count). The maximum atomic E-state index is 11.1. The fraction of sp³-hybridized carbons (Fsp3) is 0.125. The van der Waals surface area contributed by atoms with Gasteiger partial charge in [-0.1, -0.05) is 5.16 Å². The lowest BCUT2D eigenvalue weighted by Crippen LogP contribution is -2.30. The van der Waals surface area contributed by atoms with Gasteiger partial charge in [0.15, 0.2) is 11.5 Å². The van der Waals surface area contributed by atoms with Gasteiger partial charge in [0.2, 0.25) is 6.33 Å². The molecule has 18 heavy (non-hydrogen) atoms. The molecular formula is C8H8N6O4. The van der Waals surface area contributed by atoms with Crippen LogP contribution in [0.2, 0.25) is 0 Å². The summed E-state index contributed by atoms with van der Waals surface area (Å²) in [4.78, 5) is 24.5. The van der Waals surface area contributed by atoms with Crippen LogP contribution in [-0.2, 0) is 6.54 Å². The quantitative estimate of drug-likeness (QED) is 0.321. The third-order valence-electron chi connectivity index (χ3n) is 2.07. The van der Waals surface area contributed by atoms with Crippen molar-refractivity contribution in [3.8, 4) is 0 Å². The van der Waals surface area contributed by atoms with Crippen LogP contribution in [0.1, 0.15) is 16.2 Å². The summed E-state index contributed by atoms with van der Waals surface area (Å²) >= 11 is 0. The van der Waals surface area contributed by atoms with E-state index >= 15 is 0 Å². The second kappa shape index (κ2) is 4.63. The minimum atomic E-state index is -0.607. The van der Waals surface area contributed by atoms with Gasteiger partial charge in [0.25, 0.3) is 5.91 Å². The molecule has 0 saturated heterocycles. The second-order valence-corrected chi connectivity index (χ2v) is 3.31. The SMILES string of the molecule is NNC(=O)c1cc(Cn2cnc([N+](=O)[O-])c2)on1. The van der Waals surface area contributed by atoms with Crippen LogP contribution in [0.15, 0.2) is 23.1 Å². The molecule has 2 aromatic heterocycles. The summed E-state index contributed by atoms with van der Waals surface area (Å²) in [7, 11) is 0. The molecule has 1 amide bonds. The molecule has 94 valence electrons. The van der Waals surface area contributed by atoms with Crippen molar-refractivity contribution in [3.63, 3.8) is 0 Å². The number of aromatic nitrogens is 3. The Kier molecular flexibility index (Phi) is 3.02. The van der Waals surface area contributed by atoms with Gasteiger partial charge < -0.3 is 19.2 Å². The van der Waals surface area contributed by atoms with Gasteiger partial charge in [-0.15, -0.1) is 0 Å². The van der Waals surface area contributed by atoms with Gasteiger partial charge in [0.1, 0.15) is 6.20 Å². The Morgan fingerprint density at radius 2 is 2.44 bits per heavy atom. The zero-order valence-corrected chi connectivity index (χ0v) is 8.94. The Labute approximate surface area is 99.5 Å². The number of carbonyl (C=O) groups is 1. The summed E-state index contributed by atoms with van der Waals surface area (Å²) < 4.78 is 6.31. The normalized spacial score (nSPS) is 10.3. The molecule has 0 bridgehead atoms. The number of hydrazine groups is 1. The van der Waals surface area contributed by atoms with Gasteiger partial charge >= 0.3 is 5.82 Å². The number of hydrogen-bond donors (Lipinski definition) is 2. The molecule has 10 heteroatoms. The molecule has 2 heterocycles. The summed E-state index contributed by atoms with van der Waals surface area (Å²) in [6, 6.07) is 1.38. The van der Waals surface area contributed by atoms with Gasteiger partial charge in [-0.25, -0.2) is 5.84 Å². The van der Waals surface area contributed by atoms with E-state index in [-0.39, 0.29) is 18.1 Å². The van der Waals surface area contributed by atoms with Gasteiger partial charge in [-0.05, 0) is 9.91 Å². The van der Waals surface area contributed by atoms with E-state index in [1.54, 1.807) is 0 Å². The number of amides is 1. The van der Waals surface area contributed by atoms with Gasteiger partial charge in [0.05, 0.1) is 6.54 Å². The zero-order valence-electron chi connectivity index (χ0n) is 8.94. The summed E-state index contributed by atoms with van der Waals surface area (Å²) in [5, 5.41) is 13.9. The Morgan fingerprint density at radius 1 is 1.67 bits per heavy atom. The molecule has 0 aliphatic heterocycles. The number of hydrogen-bond acceptors (Lipinski definition) is 7. The molecule has 0 radical (unpaired) electrons. The highest BCUT2D eigenvalue weighted by Crippen LogP contribution is 2.10. The van der Waals surface area contributed by atoms with Gasteiger partial charge in [-0.3, -0.25) is 10.2 Å². The van der Waals surface area contributed by atoms with Crippen molar-refractivity contribution in [2.24, 2.45) is 5.84 Å². The summed E-state index contributed by atoms with van der Waals surface area (Å²) in [5.41, 5.74) is 1.94. The molecule has 0 aromatic carbocycles. The van der Waals surface area contributed by atoms with Crippen molar-refractivity contribution in [2.75, 3.05) is 0 Å². The van der Waals surface area contributed by atoms with Crippen molar-refractivity contribution in [2.45, 2.75) is 6.54 Å². The van der Waals surface area contributed by atoms with Crippen molar-refractivity contribution in [1.82, 2.24) is 20.1 Å². The van der Waals surface area contributed by atoms with Crippen LogP contribution in [-0.4, -0.2) is 25.5 Å². The molecule has 0 unspecified atom stereocenters. The first-order chi connectivity index (χ1) is 8.60. The standard InChI is InChI=1S/C8H8N6O4/c9-11-8(15)6-1-5(18-12-6)2-13-3-7(10-4-13)14(16)17/h1,3-4H,2,9H2,(H,11,15). The van der Waals surface area contributed by atoms with Crippen LogP contribution in [0.25, 0.3) is 0 Å². The van der Waals surface area contributed by atoms with E-state index in [0.717, 1.165) is 0 Å². The average Bonchev–Trinajstić information content (AvgIpc) is 2.98. The van der Waals surface area contributed by atoms with Crippen LogP contribution < -0.4 is 11.3 Å². The van der Waals surface area contributed by atoms with Crippen molar-refractivity contribution in [3.05, 3.63) is 40.2 Å². The number of carbonyl (C=O) groups excluding carboxylic acids is 1. The molecule has 0 saturated carbocycles. The minimum Gasteiger partial charge on any atom is -0.359 e. The van der Waals surface area contributed by atoms with E-state index in [1.807, 2.05) is 5.43 Å². The van der Waals surface area contributed by atoms with E-state index in [1.165, 1.54) is 23.2 Å². The van der Waals surface area contributed by atoms with Crippen LogP contribution in [0.3, 0.4) is 0 Å². The van der Waals surface area contributed by atoms with Crippen LogP contribution in [0.4, 0.5) is 5.82 Å². The zero-order chi connectivity index (χ0) is 13.1. The number of nitro groups is 1. The van der Waals surface area contributed by atoms with E-state index < -0.39 is 10.8 Å². The highest BCUT2D eigenvalue weighted by atomic mass is 16.6. The number of nitrogen functional groups attached to an aromatic ring is 1. The Bertz CT molecular complexity index is 588. The highest BCUT2D eigenvalue weighted by molar-refractivity contribution is 5.91. The molecule has 0 spiro atoms. The number of nitrogens with two attached hydrogens (primary N) is 1. The second-order valence-electron chi connectivity index (χ2n) is 3.31. The molecule has 2 aromatic rings. The van der Waals surface area contributed by atoms with Crippen molar-refractivity contribution >= 4 is 11.7 Å². The average molecular weight is 252 g/mol. The fourth-order valence-corrected chi connectivity index (χ4v) is 1.28. The summed E-state index contributed by atoms with van der Waals surface area (Å²) in [5.74, 6) is 4.43. The lowest BCUT2D eigenvalue weighted by molar-refractivity contribution is -0.389. The van der Waals surface area contributed by atoms with Crippen molar-refractivity contribution < 1.29 is 14.2 Å². The van der Waals surface area contributed by atoms with Gasteiger partial charge in [-0.2, -0.15) is 0 Å². The summed E-state index contributed by atoms with van der Waals surface area (Å²) in [6.45, 7) is 0.172. The predicted molar refractivity (Wildman–Crippen MR) is 56.1 cm³/mol. The summed E-state index contributed by atoms with van der Waals surface area (Å²) in [6.07, 6.45) is 2.52. The van der Waals surface area contributed by atoms with E-state index in [9.17, 15) is 14.9 Å². The lowest BCUT2D eigenvalue weighted by atomic mass is 10.3. The third-order valence-corrected chi connectivity index (χ3v) is 2.07. The van der Waals surface area contributed by atoms with Crippen LogP contribution in [0, 0.1) is 10.1 Å². The number of nitrogens with one attached hydrogen (secondary N) is 1. The molecule has 0 fully saturated rings. The van der Waals surface area contributed by atoms with Crippen LogP contribution >= 0.6 is 0 Å². The van der Waals surface area contributed by atoms with E-state index in [2.05, 4.69) is 10.1 Å². The van der Waals surface area contributed by atoms with E-state index in [4.69, 9.17) is 10.4 Å². The molecular weight excluding hydrogens is 244 g/mol. The first-order valence-electron chi connectivity index (χ1n) is 4.73. The number of rotatable bonds is 4. The fourth-order valence-electron chi connectivity index (χ4n) is 1.28. The number of imidazole rings is 1. The predicted octanol–water partition coefficient (Wildman–Crippen LogP) is -0.569. The van der Waals surface area contributed by atoms with Gasteiger partial charge in [0, 0.05) is 6.07 Å². The first-order valence-corrected chi connectivity index (χ1v) is 4.73. The topological polar surface area (TPSA) is 142 Å². The van der Waals surface area contributed by atoms with Crippen molar-refractivity contribution in [1.29, 1.82) is 0 Å². The maximum absolute atomic E-state index is 11.1. The third kappa shape index (κ3) is 2.32. The minimum absolute atomic E-state index is 0.0297. The molecule has 0 aliphatic carbocycles. The number of nitrogens with zero attached hydrogens (tertiary/aromatic N) is 4. The highest BCUT2D eigenvalue weighted by Gasteiger charge is 2.14.